The molecule has 94 valence electrons. The third-order valence-corrected chi connectivity index (χ3v) is 5.29. The predicted molar refractivity (Wildman–Crippen MR) is 73.2 cm³/mol. The van der Waals surface area contributed by atoms with E-state index in [2.05, 4.69) is 10.7 Å². The molecule has 1 aliphatic heterocycles. The maximum Gasteiger partial charge on any atom is 0.0436 e. The first kappa shape index (κ1) is 11.7. The molecule has 1 fully saturated rings. The van der Waals surface area contributed by atoms with Gasteiger partial charge in [0.15, 0.2) is 0 Å². The summed E-state index contributed by atoms with van der Waals surface area (Å²) < 4.78 is 0. The predicted octanol–water partition coefficient (Wildman–Crippen LogP) is 2.97. The summed E-state index contributed by atoms with van der Waals surface area (Å²) in [6.45, 7) is 1.97. The highest BCUT2D eigenvalue weighted by atomic mass is 32.1. The quantitative estimate of drug-likeness (QED) is 0.847. The van der Waals surface area contributed by atoms with Crippen LogP contribution in [-0.2, 0) is 13.0 Å². The maximum atomic E-state index is 6.24. The third-order valence-electron chi connectivity index (χ3n) is 4.24. The molecule has 0 saturated heterocycles. The van der Waals surface area contributed by atoms with E-state index in [4.69, 9.17) is 5.73 Å². The van der Waals surface area contributed by atoms with Gasteiger partial charge in [-0.1, -0.05) is 32.1 Å². The second-order valence-electron chi connectivity index (χ2n) is 5.54. The van der Waals surface area contributed by atoms with Gasteiger partial charge in [0.25, 0.3) is 0 Å². The molecule has 1 unspecified atom stereocenters. The fourth-order valence-corrected chi connectivity index (χ4v) is 4.44. The summed E-state index contributed by atoms with van der Waals surface area (Å²) in [5.41, 5.74) is 9.29. The Morgan fingerprint density at radius 1 is 1.29 bits per heavy atom. The molecule has 0 aromatic carbocycles. The van der Waals surface area contributed by atoms with Crippen molar-refractivity contribution >= 4 is 11.3 Å². The van der Waals surface area contributed by atoms with Gasteiger partial charge in [0.05, 0.1) is 0 Å². The van der Waals surface area contributed by atoms with Gasteiger partial charge in [0.1, 0.15) is 0 Å². The zero-order valence-corrected chi connectivity index (χ0v) is 11.2. The minimum absolute atomic E-state index is 0.226. The Kier molecular flexibility index (Phi) is 3.50. The standard InChI is InChI=1S/C14H22N2S/c15-12-7-16-8-13-14(12)11(9-17-13)6-10-4-2-1-3-5-10/h9-10,12,16H,1-8,15H2. The lowest BCUT2D eigenvalue weighted by Gasteiger charge is -2.25. The Balaban J connectivity index is 1.76. The fourth-order valence-electron chi connectivity index (χ4n) is 3.33. The lowest BCUT2D eigenvalue weighted by Crippen LogP contribution is -2.32. The fraction of sp³-hybridized carbons (Fsp3) is 0.714. The molecule has 1 atom stereocenters. The summed E-state index contributed by atoms with van der Waals surface area (Å²) in [5.74, 6) is 0.921. The minimum atomic E-state index is 0.226. The number of nitrogens with two attached hydrogens (primary N) is 1. The first-order valence-corrected chi connectivity index (χ1v) is 7.78. The van der Waals surface area contributed by atoms with Gasteiger partial charge in [0, 0.05) is 24.0 Å². The Bertz CT molecular complexity index is 380. The van der Waals surface area contributed by atoms with Crippen molar-refractivity contribution in [1.82, 2.24) is 5.32 Å². The number of fused-ring (bicyclic) bond motifs is 1. The molecule has 3 N–H and O–H groups in total. The van der Waals surface area contributed by atoms with Crippen molar-refractivity contribution in [2.24, 2.45) is 11.7 Å². The molecule has 2 heterocycles. The summed E-state index contributed by atoms with van der Waals surface area (Å²) >= 11 is 1.90. The molecule has 3 rings (SSSR count). The van der Waals surface area contributed by atoms with E-state index in [1.165, 1.54) is 49.0 Å². The molecule has 17 heavy (non-hydrogen) atoms. The van der Waals surface area contributed by atoms with Crippen LogP contribution < -0.4 is 11.1 Å². The zero-order chi connectivity index (χ0) is 11.7. The number of nitrogens with one attached hydrogen (secondary N) is 1. The first-order valence-electron chi connectivity index (χ1n) is 6.90. The highest BCUT2D eigenvalue weighted by molar-refractivity contribution is 7.10. The molecule has 1 aromatic rings. The van der Waals surface area contributed by atoms with Crippen molar-refractivity contribution in [2.75, 3.05) is 6.54 Å². The lowest BCUT2D eigenvalue weighted by atomic mass is 9.83. The Morgan fingerprint density at radius 3 is 2.94 bits per heavy atom. The lowest BCUT2D eigenvalue weighted by molar-refractivity contribution is 0.355. The first-order chi connectivity index (χ1) is 8.34. The summed E-state index contributed by atoms with van der Waals surface area (Å²) in [4.78, 5) is 1.48. The van der Waals surface area contributed by atoms with E-state index in [9.17, 15) is 0 Å². The van der Waals surface area contributed by atoms with E-state index in [0.717, 1.165) is 19.0 Å². The van der Waals surface area contributed by atoms with Gasteiger partial charge < -0.3 is 11.1 Å². The molecule has 1 aromatic heterocycles. The van der Waals surface area contributed by atoms with E-state index in [-0.39, 0.29) is 6.04 Å². The largest absolute Gasteiger partial charge is 0.323 e. The molecule has 0 radical (unpaired) electrons. The summed E-state index contributed by atoms with van der Waals surface area (Å²) in [7, 11) is 0. The second-order valence-corrected chi connectivity index (χ2v) is 6.51. The van der Waals surface area contributed by atoms with Crippen LogP contribution in [0, 0.1) is 5.92 Å². The highest BCUT2D eigenvalue weighted by Crippen LogP contribution is 2.34. The van der Waals surface area contributed by atoms with Crippen LogP contribution in [0.5, 0.6) is 0 Å². The van der Waals surface area contributed by atoms with Crippen LogP contribution in [0.1, 0.15) is 54.1 Å². The van der Waals surface area contributed by atoms with E-state index in [1.807, 2.05) is 11.3 Å². The molecule has 0 bridgehead atoms. The molecule has 1 saturated carbocycles. The van der Waals surface area contributed by atoms with E-state index in [0.29, 0.717) is 0 Å². The molecule has 3 heteroatoms. The third kappa shape index (κ3) is 2.42. The van der Waals surface area contributed by atoms with Crippen molar-refractivity contribution < 1.29 is 0 Å². The number of rotatable bonds is 2. The van der Waals surface area contributed by atoms with Gasteiger partial charge in [-0.05, 0) is 28.8 Å². The van der Waals surface area contributed by atoms with E-state index in [1.54, 1.807) is 5.56 Å². The molecule has 2 nitrogen and oxygen atoms in total. The van der Waals surface area contributed by atoms with Crippen LogP contribution in [0.15, 0.2) is 5.38 Å². The van der Waals surface area contributed by atoms with Gasteiger partial charge >= 0.3 is 0 Å². The van der Waals surface area contributed by atoms with Crippen molar-refractivity contribution in [3.8, 4) is 0 Å². The summed E-state index contributed by atoms with van der Waals surface area (Å²) in [5, 5.41) is 5.76. The number of thiophene rings is 1. The van der Waals surface area contributed by atoms with Crippen LogP contribution in [0.2, 0.25) is 0 Å². The van der Waals surface area contributed by atoms with Crippen LogP contribution in [-0.4, -0.2) is 6.54 Å². The number of hydrogen-bond acceptors (Lipinski definition) is 3. The van der Waals surface area contributed by atoms with Crippen molar-refractivity contribution in [2.45, 2.75) is 51.1 Å². The Morgan fingerprint density at radius 2 is 2.12 bits per heavy atom. The van der Waals surface area contributed by atoms with Crippen molar-refractivity contribution in [3.63, 3.8) is 0 Å². The minimum Gasteiger partial charge on any atom is -0.323 e. The van der Waals surface area contributed by atoms with E-state index >= 15 is 0 Å². The molecule has 2 aliphatic rings. The van der Waals surface area contributed by atoms with Gasteiger partial charge in [-0.2, -0.15) is 0 Å². The van der Waals surface area contributed by atoms with Crippen LogP contribution >= 0.6 is 11.3 Å². The summed E-state index contributed by atoms with van der Waals surface area (Å²) in [6, 6.07) is 0.226. The second kappa shape index (κ2) is 5.09. The molecule has 1 aliphatic carbocycles. The van der Waals surface area contributed by atoms with Crippen LogP contribution in [0.25, 0.3) is 0 Å². The smallest absolute Gasteiger partial charge is 0.0436 e. The Hall–Kier alpha value is -0.380. The SMILES string of the molecule is NC1CNCc2scc(CC3CCCCC3)c21. The topological polar surface area (TPSA) is 38.0 Å². The van der Waals surface area contributed by atoms with Gasteiger partial charge in [-0.3, -0.25) is 0 Å². The molecular formula is C14H22N2S. The summed E-state index contributed by atoms with van der Waals surface area (Å²) in [6.07, 6.45) is 8.45. The molecular weight excluding hydrogens is 228 g/mol. The average molecular weight is 250 g/mol. The van der Waals surface area contributed by atoms with E-state index < -0.39 is 0 Å². The maximum absolute atomic E-state index is 6.24. The Labute approximate surface area is 108 Å². The number of hydrogen-bond donors (Lipinski definition) is 2. The van der Waals surface area contributed by atoms with Gasteiger partial charge in [-0.25, -0.2) is 0 Å². The molecule has 0 amide bonds. The van der Waals surface area contributed by atoms with Crippen LogP contribution in [0.3, 0.4) is 0 Å². The van der Waals surface area contributed by atoms with Crippen molar-refractivity contribution in [3.05, 3.63) is 21.4 Å². The zero-order valence-electron chi connectivity index (χ0n) is 10.4. The van der Waals surface area contributed by atoms with Crippen molar-refractivity contribution in [1.29, 1.82) is 0 Å². The van der Waals surface area contributed by atoms with Gasteiger partial charge in [0.2, 0.25) is 0 Å². The monoisotopic (exact) mass is 250 g/mol. The van der Waals surface area contributed by atoms with Crippen LogP contribution in [0.4, 0.5) is 0 Å². The molecule has 0 spiro atoms. The average Bonchev–Trinajstić information content (AvgIpc) is 2.75. The normalized spacial score (nSPS) is 25.8. The van der Waals surface area contributed by atoms with Gasteiger partial charge in [-0.15, -0.1) is 11.3 Å². The highest BCUT2D eigenvalue weighted by Gasteiger charge is 2.24.